The first-order valence-electron chi connectivity index (χ1n) is 46.0. The number of anilines is 3. The molecule has 6 aromatic heterocycles. The average molecular weight is 1810 g/mol. The number of carbonyl (C=O) groups excluding carboxylic acids is 8. The van der Waals surface area contributed by atoms with Gasteiger partial charge in [0, 0.05) is 190 Å². The quantitative estimate of drug-likeness (QED) is 0.0173. The van der Waals surface area contributed by atoms with Crippen LogP contribution in [0.25, 0.3) is 33.3 Å². The van der Waals surface area contributed by atoms with Gasteiger partial charge in [0.1, 0.15) is 59.7 Å². The Hall–Kier alpha value is -11.2. The number of cyclic esters (lactones) is 1. The van der Waals surface area contributed by atoms with Gasteiger partial charge in [0.15, 0.2) is 11.4 Å². The number of ether oxygens (including phenoxy) is 6. The number of methoxy groups -OCH3 is 2. The van der Waals surface area contributed by atoms with E-state index in [1.165, 1.54) is 32.0 Å². The summed E-state index contributed by atoms with van der Waals surface area (Å²) < 4.78 is 38.1. The summed E-state index contributed by atoms with van der Waals surface area (Å²) in [4.78, 5) is 159. The van der Waals surface area contributed by atoms with Gasteiger partial charge in [0.25, 0.3) is 17.6 Å². The number of amides is 4. The number of aromatic amines is 1. The van der Waals surface area contributed by atoms with Crippen molar-refractivity contribution in [3.8, 4) is 11.3 Å². The number of aliphatic hydroxyl groups is 3. The number of benzene rings is 1. The number of alkyl carbamates (subject to hydrolysis) is 1. The highest BCUT2D eigenvalue weighted by Gasteiger charge is 2.53. The Morgan fingerprint density at radius 2 is 1.48 bits per heavy atom. The molecule has 36 heteroatoms. The third kappa shape index (κ3) is 23.5. The Balaban J connectivity index is 0.496. The Labute approximate surface area is 762 Å². The zero-order valence-electron chi connectivity index (χ0n) is 76.1. The topological polar surface area (TPSA) is 460 Å². The maximum atomic E-state index is 14.7. The van der Waals surface area contributed by atoms with E-state index in [1.54, 1.807) is 58.9 Å². The zero-order chi connectivity index (χ0) is 92.7. The lowest BCUT2D eigenvalue weighted by atomic mass is 9.80. The highest BCUT2D eigenvalue weighted by molar-refractivity contribution is 6.39. The fraction of sp³-hybridized carbons (Fsp3) is 0.558. The van der Waals surface area contributed by atoms with Gasteiger partial charge in [0.05, 0.1) is 55.4 Å². The fourth-order valence-corrected chi connectivity index (χ4v) is 18.9. The number of fused-ring (bicyclic) bond motifs is 6. The van der Waals surface area contributed by atoms with Crippen LogP contribution in [0.4, 0.5) is 22.5 Å². The van der Waals surface area contributed by atoms with Gasteiger partial charge < -0.3 is 90.0 Å². The normalized spacial score (nSPS) is 28.0. The molecule has 9 N–H and O–H groups in total. The van der Waals surface area contributed by atoms with Crippen molar-refractivity contribution in [3.05, 3.63) is 149 Å². The number of aromatic nitrogens is 10. The van der Waals surface area contributed by atoms with E-state index in [0.29, 0.717) is 182 Å². The summed E-state index contributed by atoms with van der Waals surface area (Å²) in [5, 5.41) is 44.1. The maximum Gasteiger partial charge on any atom is 0.407 e. The lowest BCUT2D eigenvalue weighted by molar-refractivity contribution is -0.265. The summed E-state index contributed by atoms with van der Waals surface area (Å²) in [6, 6.07) is 8.03. The highest BCUT2D eigenvalue weighted by atomic mass is 16.6. The Kier molecular flexibility index (Phi) is 32.1. The third-order valence-corrected chi connectivity index (χ3v) is 27.0. The van der Waals surface area contributed by atoms with Crippen molar-refractivity contribution in [1.82, 2.24) is 74.6 Å². The smallest absolute Gasteiger partial charge is 0.407 e. The van der Waals surface area contributed by atoms with Crippen LogP contribution in [-0.4, -0.2) is 292 Å². The van der Waals surface area contributed by atoms with Crippen LogP contribution >= 0.6 is 0 Å². The molecule has 12 heterocycles. The lowest BCUT2D eigenvalue weighted by Crippen LogP contribution is -2.61. The fourth-order valence-electron chi connectivity index (χ4n) is 18.9. The zero-order valence-corrected chi connectivity index (χ0v) is 76.1. The van der Waals surface area contributed by atoms with E-state index >= 15 is 0 Å². The molecule has 5 fully saturated rings. The van der Waals surface area contributed by atoms with Gasteiger partial charge in [-0.15, -0.1) is 0 Å². The van der Waals surface area contributed by atoms with Crippen LogP contribution in [0.1, 0.15) is 158 Å². The first kappa shape index (κ1) is 95.9. The summed E-state index contributed by atoms with van der Waals surface area (Å²) in [5.74, 6) is -8.09. The second-order valence-corrected chi connectivity index (χ2v) is 36.2. The summed E-state index contributed by atoms with van der Waals surface area (Å²) in [7, 11) is 3.06. The van der Waals surface area contributed by atoms with E-state index in [1.807, 2.05) is 81.9 Å². The number of nitrogen functional groups attached to an aromatic ring is 1. The molecule has 1 saturated carbocycles. The number of allylic oxidation sites excluding steroid dienone is 6. The van der Waals surface area contributed by atoms with Gasteiger partial charge in [-0.25, -0.2) is 49.2 Å². The van der Waals surface area contributed by atoms with E-state index in [0.717, 1.165) is 51.3 Å². The molecule has 1 aliphatic carbocycles. The molecule has 0 spiro atoms. The molecule has 0 radical (unpaired) electrons. The number of carbonyl (C=O) groups is 8. The minimum atomic E-state index is -2.52. The van der Waals surface area contributed by atoms with Crippen molar-refractivity contribution in [2.75, 3.05) is 115 Å². The molecular weight excluding hydrogens is 1680 g/mol. The number of aliphatic hydroxyl groups excluding tert-OH is 2. The second-order valence-electron chi connectivity index (χ2n) is 36.2. The van der Waals surface area contributed by atoms with Gasteiger partial charge in [-0.2, -0.15) is 5.10 Å². The predicted molar refractivity (Wildman–Crippen MR) is 486 cm³/mol. The van der Waals surface area contributed by atoms with Crippen molar-refractivity contribution in [2.45, 2.75) is 212 Å². The first-order chi connectivity index (χ1) is 63.1. The molecule has 2 bridgehead atoms. The summed E-state index contributed by atoms with van der Waals surface area (Å²) in [6.07, 6.45) is 19.0. The number of piperidine rings is 1. The molecule has 702 valence electrons. The minimum Gasteiger partial charge on any atom is -0.459 e. The van der Waals surface area contributed by atoms with Crippen LogP contribution in [0.3, 0.4) is 0 Å². The van der Waals surface area contributed by atoms with Crippen LogP contribution < -0.4 is 26.6 Å². The van der Waals surface area contributed by atoms with E-state index in [9.17, 15) is 53.7 Å². The predicted octanol–water partition coefficient (Wildman–Crippen LogP) is 7.12. The highest BCUT2D eigenvalue weighted by Crippen LogP contribution is 2.39. The molecular formula is C95H125N19O17. The number of esters is 1. The molecule has 7 aromatic rings. The summed E-state index contributed by atoms with van der Waals surface area (Å²) >= 11 is 0. The van der Waals surface area contributed by atoms with Crippen molar-refractivity contribution in [3.63, 3.8) is 0 Å². The van der Waals surface area contributed by atoms with Crippen LogP contribution in [-0.2, 0) is 83.2 Å². The molecule has 36 nitrogen and oxygen atoms in total. The number of nitrogens with one attached hydrogen (secondary N) is 2. The number of Topliss-reactive ketones (excluding diaryl/α,β-unsaturated/α-hetero) is 3. The van der Waals surface area contributed by atoms with E-state index in [2.05, 4.69) is 73.2 Å². The monoisotopic (exact) mass is 1800 g/mol. The van der Waals surface area contributed by atoms with Gasteiger partial charge in [-0.3, -0.25) is 33.7 Å². The number of nitrogens with zero attached hydrogens (tertiary/aromatic N) is 15. The molecule has 4 saturated heterocycles. The Morgan fingerprint density at radius 1 is 0.733 bits per heavy atom. The largest absolute Gasteiger partial charge is 0.459 e. The Bertz CT molecular complexity index is 5320. The Morgan fingerprint density at radius 3 is 2.23 bits per heavy atom. The number of rotatable bonds is 20. The van der Waals surface area contributed by atoms with Crippen LogP contribution in [0.2, 0.25) is 0 Å². The van der Waals surface area contributed by atoms with Gasteiger partial charge in [-0.05, 0) is 136 Å². The molecule has 15 atom stereocenters. The number of piperazine rings is 2. The molecule has 6 aliphatic heterocycles. The molecule has 1 aromatic carbocycles. The first-order valence-corrected chi connectivity index (χ1v) is 46.0. The number of hydrogen-bond donors (Lipinski definition) is 7. The molecule has 7 aliphatic rings. The number of ketones is 3. The van der Waals surface area contributed by atoms with Gasteiger partial charge in [0.2, 0.25) is 23.6 Å². The molecule has 0 unspecified atom stereocenters. The van der Waals surface area contributed by atoms with Crippen molar-refractivity contribution < 1.29 is 82.1 Å². The van der Waals surface area contributed by atoms with Crippen LogP contribution in [0.15, 0.2) is 121 Å². The number of pyridine rings is 1. The van der Waals surface area contributed by atoms with Gasteiger partial charge >= 0.3 is 12.1 Å². The van der Waals surface area contributed by atoms with Crippen molar-refractivity contribution >= 4 is 86.9 Å². The maximum absolute atomic E-state index is 14.7. The van der Waals surface area contributed by atoms with E-state index in [-0.39, 0.29) is 68.0 Å². The standard InChI is InChI=1S/C95H125N19O17/c1-57-14-10-9-11-15-58(2)76(126-7)46-71-21-17-62(6)95(125,131-71)85(120)90(122)113-27-13-12-16-73(113)91(123)129-77(47-74(115)59(3)41-61(5)83(118)84(119)82(117)60(4)40-57)72(96)43-63-19-22-75(78(44-63)127-8)130-94(124)104-50-65-48-100-92(101-49-65)111-35-33-109(34-36-111)79(116)25-38-128-39-37-108-29-31-110(32-30-108)93-102-52-70(53-103-93)89(121)112-28-24-66-42-64(18-20-68(66)55-112)54-114-88-80(86(97)105-56-106-88)81(107-114)69-45-67-23-26-98-87(67)99-51-69/h9-11,14-15,18,20,23,26,41-42,45,48-49,51-53,56-57,59-60,62-63,71-73,75-78,83-84,118-119,125H,12-13,16-17,19,21-22,24-25,27-40,43-44,46-47,50,54-55,96H2,1-8H3,(H,98,99)(H,104,124)(H2,97,105,106)/b11-9+,14-10+,58-15+,61-41+/t57-,59-,60-,62-,63+,71+,72-,73+,75-,76+,77+,78-,83-,84+,95-/m1/s1. The van der Waals surface area contributed by atoms with E-state index < -0.39 is 120 Å². The number of H-pyrrole nitrogens is 1. The van der Waals surface area contributed by atoms with Crippen LogP contribution in [0, 0.1) is 29.6 Å². The number of hydrogen-bond acceptors (Lipinski definition) is 30. The van der Waals surface area contributed by atoms with Gasteiger partial charge in [-0.1, -0.05) is 82.4 Å². The molecule has 14 rings (SSSR count). The molecule has 4 amide bonds. The second kappa shape index (κ2) is 43.9. The number of nitrogens with two attached hydrogens (primary N) is 2. The third-order valence-electron chi connectivity index (χ3n) is 27.0. The van der Waals surface area contributed by atoms with Crippen molar-refractivity contribution in [1.29, 1.82) is 0 Å². The lowest BCUT2D eigenvalue weighted by Gasteiger charge is -2.42. The average Bonchev–Trinajstić information content (AvgIpc) is 1.72. The van der Waals surface area contributed by atoms with Crippen molar-refractivity contribution in [2.24, 2.45) is 35.3 Å². The summed E-state index contributed by atoms with van der Waals surface area (Å²) in [5.41, 5.74) is 21.7. The minimum absolute atomic E-state index is 0.00702. The molecule has 131 heavy (non-hydrogen) atoms. The van der Waals surface area contributed by atoms with Crippen LogP contribution in [0.5, 0.6) is 0 Å². The van der Waals surface area contributed by atoms with E-state index in [4.69, 9.17) is 45.0 Å². The summed E-state index contributed by atoms with van der Waals surface area (Å²) in [6.45, 7) is 18.2. The SMILES string of the molecule is CO[C@H]1C[C@@H]2CC[C@@H](C)[C@@](O)(O2)C(=O)C(=O)N2CCCC[C@H]2C(=O)O[C@H]([C@H](N)C[C@@H]2CC[C@@H](OC(=O)NCc3cnc(N4CCN(C(=O)CCOCCN5CCN(c6ncc(C(=O)N7CCc8cc(Cn9nc(-c%10cnc%11[nH]ccc%11c%10)c%10c(N)ncnc%109)ccc8C7)cn6)CC5)CC4)nc3)[C@H](OC)C2)CC(=O)[C@H](C)/C=C(\C)[C@@H](O)[C@@H](O)C(=O)[C@H](C)C[C@H](C)/C=C/C=C/C=C/1C.